The maximum atomic E-state index is 12.8. The van der Waals surface area contributed by atoms with Crippen LogP contribution in [0.5, 0.6) is 11.5 Å². The number of carbonyl (C=O) groups excluding carboxylic acids is 1. The van der Waals surface area contributed by atoms with Crippen molar-refractivity contribution in [3.63, 3.8) is 0 Å². The number of esters is 1. The number of ether oxygens (including phenoxy) is 2. The molecule has 0 amide bonds. The van der Waals surface area contributed by atoms with Crippen molar-refractivity contribution in [3.8, 4) is 17.6 Å². The van der Waals surface area contributed by atoms with Gasteiger partial charge in [0.2, 0.25) is 6.10 Å². The summed E-state index contributed by atoms with van der Waals surface area (Å²) < 4.78 is 12.2. The Morgan fingerprint density at radius 1 is 1.13 bits per heavy atom. The second kappa shape index (κ2) is 9.63. The van der Waals surface area contributed by atoms with Crippen molar-refractivity contribution in [1.29, 1.82) is 5.26 Å². The number of hydrogen-bond acceptors (Lipinski definition) is 4. The lowest BCUT2D eigenvalue weighted by molar-refractivity contribution is -0.149. The maximum Gasteiger partial charge on any atom is 0.311 e. The summed E-state index contributed by atoms with van der Waals surface area (Å²) in [6.07, 6.45) is 4.75. The van der Waals surface area contributed by atoms with E-state index in [2.05, 4.69) is 37.9 Å². The quantitative estimate of drug-likeness (QED) is 0.284. The molecule has 6 heteroatoms. The highest BCUT2D eigenvalue weighted by Crippen LogP contribution is 2.59. The number of hydrogen-bond donors (Lipinski definition) is 0. The van der Waals surface area contributed by atoms with Crippen LogP contribution in [0.15, 0.2) is 76.2 Å². The van der Waals surface area contributed by atoms with Crippen LogP contribution in [-0.2, 0) is 9.53 Å². The van der Waals surface area contributed by atoms with Crippen molar-refractivity contribution in [2.24, 2.45) is 17.3 Å². The van der Waals surface area contributed by atoms with E-state index in [4.69, 9.17) is 9.47 Å². The van der Waals surface area contributed by atoms with E-state index in [1.165, 1.54) is 0 Å². The second-order valence-corrected chi connectivity index (χ2v) is 10.4. The molecule has 3 atom stereocenters. The van der Waals surface area contributed by atoms with Crippen LogP contribution in [0, 0.1) is 28.6 Å². The SMILES string of the molecule is CC1(C)[C@H](C(=O)O[C@H](C#N)c2cccc(Oc3ccccc3)c2)[C@@H]1C=CC=C(Br)Br. The molecular weight excluding hydrogens is 510 g/mol. The molecule has 2 aromatic carbocycles. The zero-order valence-corrected chi connectivity index (χ0v) is 19.8. The van der Waals surface area contributed by atoms with E-state index in [9.17, 15) is 10.1 Å². The zero-order chi connectivity index (χ0) is 21.7. The van der Waals surface area contributed by atoms with Gasteiger partial charge in [-0.2, -0.15) is 5.26 Å². The Balaban J connectivity index is 1.69. The van der Waals surface area contributed by atoms with Gasteiger partial charge in [0.1, 0.15) is 17.6 Å². The summed E-state index contributed by atoms with van der Waals surface area (Å²) in [5, 5.41) is 9.61. The van der Waals surface area contributed by atoms with Crippen LogP contribution in [0.4, 0.5) is 0 Å². The Labute approximate surface area is 193 Å². The van der Waals surface area contributed by atoms with Gasteiger partial charge in [0.15, 0.2) is 0 Å². The van der Waals surface area contributed by atoms with Gasteiger partial charge in [0.05, 0.1) is 9.31 Å². The third-order valence-corrected chi connectivity index (χ3v) is 5.72. The molecule has 0 heterocycles. The first-order valence-electron chi connectivity index (χ1n) is 9.45. The minimum Gasteiger partial charge on any atom is -0.457 e. The fraction of sp³-hybridized carbons (Fsp3) is 0.250. The third kappa shape index (κ3) is 5.41. The summed E-state index contributed by atoms with van der Waals surface area (Å²) >= 11 is 6.60. The molecule has 1 aliphatic rings. The Bertz CT molecular complexity index is 1000. The van der Waals surface area contributed by atoms with Gasteiger partial charge < -0.3 is 9.47 Å². The molecule has 154 valence electrons. The van der Waals surface area contributed by atoms with Crippen molar-refractivity contribution in [3.05, 3.63) is 81.8 Å². The Morgan fingerprint density at radius 2 is 1.83 bits per heavy atom. The standard InChI is InChI=1S/C24H21Br2NO3/c1-24(2)19(12-7-13-21(25)26)22(24)23(28)30-20(15-27)16-8-6-11-18(14-16)29-17-9-4-3-5-10-17/h3-14,19-20,22H,1-2H3/t19-,20+,22-/m0/s1. The number of benzene rings is 2. The van der Waals surface area contributed by atoms with Gasteiger partial charge >= 0.3 is 5.97 Å². The molecule has 0 saturated heterocycles. The third-order valence-electron chi connectivity index (χ3n) is 5.20. The van der Waals surface area contributed by atoms with Crippen molar-refractivity contribution >= 4 is 37.8 Å². The number of carbonyl (C=O) groups is 1. The van der Waals surface area contributed by atoms with Gasteiger partial charge in [-0.1, -0.05) is 56.3 Å². The fourth-order valence-electron chi connectivity index (χ4n) is 3.46. The number of rotatable bonds is 7. The van der Waals surface area contributed by atoms with Crippen LogP contribution in [0.1, 0.15) is 25.5 Å². The lowest BCUT2D eigenvalue weighted by Crippen LogP contribution is -2.14. The number of nitrogens with zero attached hydrogens (tertiary/aromatic N) is 1. The van der Waals surface area contributed by atoms with Crippen molar-refractivity contribution in [2.75, 3.05) is 0 Å². The molecule has 0 aliphatic heterocycles. The lowest BCUT2D eigenvalue weighted by atomic mass is 10.1. The average molecular weight is 531 g/mol. The molecule has 0 radical (unpaired) electrons. The predicted octanol–water partition coefficient (Wildman–Crippen LogP) is 7.05. The van der Waals surface area contributed by atoms with Crippen molar-refractivity contribution < 1.29 is 14.3 Å². The Kier molecular flexibility index (Phi) is 7.17. The molecular formula is C24H21Br2NO3. The molecule has 4 nitrogen and oxygen atoms in total. The predicted molar refractivity (Wildman–Crippen MR) is 123 cm³/mol. The normalized spacial score (nSPS) is 20.1. The number of halogens is 2. The smallest absolute Gasteiger partial charge is 0.311 e. The summed E-state index contributed by atoms with van der Waals surface area (Å²) in [6.45, 7) is 4.05. The first kappa shape index (κ1) is 22.3. The van der Waals surface area contributed by atoms with E-state index in [1.54, 1.807) is 24.3 Å². The van der Waals surface area contributed by atoms with Crippen molar-refractivity contribution in [2.45, 2.75) is 20.0 Å². The molecule has 30 heavy (non-hydrogen) atoms. The van der Waals surface area contributed by atoms with Crippen LogP contribution in [0.25, 0.3) is 0 Å². The molecule has 0 N–H and O–H groups in total. The highest BCUT2D eigenvalue weighted by Gasteiger charge is 2.61. The van der Waals surface area contributed by atoms with E-state index in [-0.39, 0.29) is 23.2 Å². The van der Waals surface area contributed by atoms with E-state index < -0.39 is 6.10 Å². The minimum atomic E-state index is -0.991. The van der Waals surface area contributed by atoms with Gasteiger partial charge in [0.25, 0.3) is 0 Å². The van der Waals surface area contributed by atoms with Gasteiger partial charge in [-0.05, 0) is 73.5 Å². The Hall–Kier alpha value is -2.36. The first-order valence-corrected chi connectivity index (χ1v) is 11.0. The highest BCUT2D eigenvalue weighted by atomic mass is 79.9. The maximum absolute atomic E-state index is 12.8. The van der Waals surface area contributed by atoms with Crippen LogP contribution in [-0.4, -0.2) is 5.97 Å². The molecule has 1 aliphatic carbocycles. The molecule has 2 aromatic rings. The summed E-state index contributed by atoms with van der Waals surface area (Å²) in [5.41, 5.74) is 0.370. The molecule has 0 bridgehead atoms. The lowest BCUT2D eigenvalue weighted by Gasteiger charge is -2.13. The Morgan fingerprint density at radius 3 is 2.50 bits per heavy atom. The average Bonchev–Trinajstić information content (AvgIpc) is 3.27. The first-order chi connectivity index (χ1) is 14.3. The fourth-order valence-corrected chi connectivity index (χ4v) is 3.76. The van der Waals surface area contributed by atoms with E-state index in [0.717, 1.165) is 3.39 Å². The number of para-hydroxylation sites is 1. The number of nitriles is 1. The molecule has 1 fully saturated rings. The molecule has 3 rings (SSSR count). The van der Waals surface area contributed by atoms with Crippen LogP contribution in [0.2, 0.25) is 0 Å². The summed E-state index contributed by atoms with van der Waals surface area (Å²) in [4.78, 5) is 12.8. The van der Waals surface area contributed by atoms with Crippen LogP contribution >= 0.6 is 31.9 Å². The second-order valence-electron chi connectivity index (χ2n) is 7.60. The van der Waals surface area contributed by atoms with E-state index in [0.29, 0.717) is 17.1 Å². The monoisotopic (exact) mass is 529 g/mol. The van der Waals surface area contributed by atoms with Crippen LogP contribution in [0.3, 0.4) is 0 Å². The zero-order valence-electron chi connectivity index (χ0n) is 16.6. The topological polar surface area (TPSA) is 59.3 Å². The molecule has 0 spiro atoms. The van der Waals surface area contributed by atoms with Gasteiger partial charge in [-0.3, -0.25) is 4.79 Å². The molecule has 0 aromatic heterocycles. The van der Waals surface area contributed by atoms with E-state index >= 15 is 0 Å². The van der Waals surface area contributed by atoms with Gasteiger partial charge in [-0.15, -0.1) is 0 Å². The van der Waals surface area contributed by atoms with E-state index in [1.807, 2.05) is 62.4 Å². The number of allylic oxidation sites excluding steroid dienone is 3. The van der Waals surface area contributed by atoms with Crippen molar-refractivity contribution in [1.82, 2.24) is 0 Å². The van der Waals surface area contributed by atoms with Crippen LogP contribution < -0.4 is 4.74 Å². The molecule has 1 saturated carbocycles. The summed E-state index contributed by atoms with van der Waals surface area (Å²) in [7, 11) is 0. The summed E-state index contributed by atoms with van der Waals surface area (Å²) in [6, 6.07) is 18.5. The summed E-state index contributed by atoms with van der Waals surface area (Å²) in [5.74, 6) is 0.689. The molecule has 0 unspecified atom stereocenters. The highest BCUT2D eigenvalue weighted by molar-refractivity contribution is 9.28. The van der Waals surface area contributed by atoms with Gasteiger partial charge in [0, 0.05) is 5.56 Å². The van der Waals surface area contributed by atoms with Gasteiger partial charge in [-0.25, -0.2) is 0 Å². The minimum absolute atomic E-state index is 0.0627. The largest absolute Gasteiger partial charge is 0.457 e.